The van der Waals surface area contributed by atoms with E-state index < -0.39 is 21.8 Å². The smallest absolute Gasteiger partial charge is 0.272 e. The monoisotopic (exact) mass is 472 g/mol. The number of sulfonamides is 1. The highest BCUT2D eigenvalue weighted by molar-refractivity contribution is 7.89. The van der Waals surface area contributed by atoms with Gasteiger partial charge in [0, 0.05) is 56.0 Å². The zero-order chi connectivity index (χ0) is 23.3. The van der Waals surface area contributed by atoms with Gasteiger partial charge < -0.3 is 15.2 Å². The fraction of sp³-hybridized carbons (Fsp3) is 0.450. The van der Waals surface area contributed by atoms with Crippen LogP contribution >= 0.6 is 0 Å². The average Bonchev–Trinajstić information content (AvgIpc) is 3.33. The average molecular weight is 473 g/mol. The first-order valence-electron chi connectivity index (χ1n) is 10.6. The highest BCUT2D eigenvalue weighted by Crippen LogP contribution is 2.31. The van der Waals surface area contributed by atoms with E-state index >= 15 is 0 Å². The second kappa shape index (κ2) is 7.83. The Labute approximate surface area is 189 Å². The minimum absolute atomic E-state index is 0.202. The van der Waals surface area contributed by atoms with Crippen LogP contribution in [0.3, 0.4) is 0 Å². The van der Waals surface area contributed by atoms with Gasteiger partial charge in [-0.2, -0.15) is 5.10 Å². The third kappa shape index (κ3) is 4.03. The molecule has 3 N–H and O–H groups in total. The molecule has 2 aliphatic rings. The van der Waals surface area contributed by atoms with Crippen molar-refractivity contribution in [2.45, 2.75) is 31.8 Å². The minimum atomic E-state index is -3.59. The van der Waals surface area contributed by atoms with Gasteiger partial charge in [0.05, 0.1) is 11.6 Å². The van der Waals surface area contributed by atoms with E-state index in [9.17, 15) is 18.0 Å². The number of nitrogens with one attached hydrogen (secondary N) is 3. The number of aryl methyl sites for hydroxylation is 1. The molecule has 0 unspecified atom stereocenters. The maximum atomic E-state index is 13.0. The molecule has 3 aromatic rings. The Morgan fingerprint density at radius 1 is 1.24 bits per heavy atom. The Hall–Kier alpha value is -3.48. The number of anilines is 1. The SMILES string of the molecule is Cn1nc(C(=O)N[C@H]2C[C@H](C(=O)NS(C)(=O)=O)C2)c2c1CCN(c1ncnc3[nH]ccc13)C2. The van der Waals surface area contributed by atoms with Crippen LogP contribution in [0.5, 0.6) is 0 Å². The molecular formula is C20H24N8O4S. The van der Waals surface area contributed by atoms with Crippen molar-refractivity contribution in [1.29, 1.82) is 0 Å². The number of nitrogens with zero attached hydrogens (tertiary/aromatic N) is 5. The molecule has 33 heavy (non-hydrogen) atoms. The predicted molar refractivity (Wildman–Crippen MR) is 119 cm³/mol. The van der Waals surface area contributed by atoms with Gasteiger partial charge in [-0.25, -0.2) is 18.4 Å². The highest BCUT2D eigenvalue weighted by atomic mass is 32.2. The van der Waals surface area contributed by atoms with Gasteiger partial charge in [0.2, 0.25) is 15.9 Å². The van der Waals surface area contributed by atoms with Crippen LogP contribution in [0.2, 0.25) is 0 Å². The number of rotatable bonds is 5. The Balaban J connectivity index is 1.29. The summed E-state index contributed by atoms with van der Waals surface area (Å²) in [6.45, 7) is 1.23. The third-order valence-corrected chi connectivity index (χ3v) is 6.79. The molecule has 0 atom stereocenters. The quantitative estimate of drug-likeness (QED) is 0.463. The molecular weight excluding hydrogens is 448 g/mol. The van der Waals surface area contributed by atoms with Gasteiger partial charge in [0.25, 0.3) is 5.91 Å². The third-order valence-electron chi connectivity index (χ3n) is 6.22. The number of fused-ring (bicyclic) bond motifs is 2. The van der Waals surface area contributed by atoms with Crippen LogP contribution in [0.1, 0.15) is 34.6 Å². The molecule has 3 aromatic heterocycles. The Morgan fingerprint density at radius 2 is 2.03 bits per heavy atom. The van der Waals surface area contributed by atoms with Crippen LogP contribution < -0.4 is 14.9 Å². The second-order valence-electron chi connectivity index (χ2n) is 8.58. The molecule has 0 spiro atoms. The summed E-state index contributed by atoms with van der Waals surface area (Å²) in [5.74, 6) is -0.453. The van der Waals surface area contributed by atoms with Crippen molar-refractivity contribution in [2.24, 2.45) is 13.0 Å². The Morgan fingerprint density at radius 3 is 2.79 bits per heavy atom. The van der Waals surface area contributed by atoms with E-state index in [-0.39, 0.29) is 11.9 Å². The highest BCUT2D eigenvalue weighted by Gasteiger charge is 2.37. The van der Waals surface area contributed by atoms with Crippen LogP contribution in [0, 0.1) is 5.92 Å². The maximum Gasteiger partial charge on any atom is 0.272 e. The molecule has 174 valence electrons. The number of amides is 2. The molecule has 4 heterocycles. The van der Waals surface area contributed by atoms with Crippen molar-refractivity contribution in [3.63, 3.8) is 0 Å². The summed E-state index contributed by atoms with van der Waals surface area (Å²) in [6.07, 6.45) is 5.79. The van der Waals surface area contributed by atoms with Gasteiger partial charge in [0.1, 0.15) is 17.8 Å². The molecule has 13 heteroatoms. The maximum absolute atomic E-state index is 13.0. The first kappa shape index (κ1) is 21.4. The molecule has 1 saturated carbocycles. The molecule has 0 aromatic carbocycles. The lowest BCUT2D eigenvalue weighted by Crippen LogP contribution is -2.50. The first-order chi connectivity index (χ1) is 15.7. The summed E-state index contributed by atoms with van der Waals surface area (Å²) in [4.78, 5) is 38.9. The van der Waals surface area contributed by atoms with E-state index in [1.807, 2.05) is 24.0 Å². The minimum Gasteiger partial charge on any atom is -0.351 e. The van der Waals surface area contributed by atoms with E-state index in [1.54, 1.807) is 4.68 Å². The van der Waals surface area contributed by atoms with Crippen LogP contribution in [-0.4, -0.2) is 63.8 Å². The number of hydrogen-bond donors (Lipinski definition) is 3. The van der Waals surface area contributed by atoms with Crippen molar-refractivity contribution in [2.75, 3.05) is 17.7 Å². The molecule has 0 saturated heterocycles. The fourth-order valence-corrected chi connectivity index (χ4v) is 5.07. The van der Waals surface area contributed by atoms with Crippen LogP contribution in [0.4, 0.5) is 5.82 Å². The lowest BCUT2D eigenvalue weighted by Gasteiger charge is -2.34. The molecule has 1 aliphatic heterocycles. The molecule has 12 nitrogen and oxygen atoms in total. The summed E-state index contributed by atoms with van der Waals surface area (Å²) in [7, 11) is -1.76. The van der Waals surface area contributed by atoms with Gasteiger partial charge in [-0.15, -0.1) is 0 Å². The zero-order valence-electron chi connectivity index (χ0n) is 18.2. The van der Waals surface area contributed by atoms with Crippen molar-refractivity contribution >= 4 is 38.7 Å². The van der Waals surface area contributed by atoms with Crippen molar-refractivity contribution in [3.05, 3.63) is 35.5 Å². The van der Waals surface area contributed by atoms with Crippen LogP contribution in [0.25, 0.3) is 11.0 Å². The normalized spacial score (nSPS) is 20.2. The zero-order valence-corrected chi connectivity index (χ0v) is 19.0. The summed E-state index contributed by atoms with van der Waals surface area (Å²) < 4.78 is 26.2. The Kier molecular flexibility index (Phi) is 5.07. The molecule has 0 radical (unpaired) electrons. The molecule has 5 rings (SSSR count). The van der Waals surface area contributed by atoms with E-state index in [0.29, 0.717) is 25.1 Å². The number of aromatic amines is 1. The number of hydrogen-bond acceptors (Lipinski definition) is 8. The van der Waals surface area contributed by atoms with E-state index in [2.05, 4.69) is 30.3 Å². The number of aromatic nitrogens is 5. The largest absolute Gasteiger partial charge is 0.351 e. The van der Waals surface area contributed by atoms with E-state index in [1.165, 1.54) is 6.33 Å². The van der Waals surface area contributed by atoms with Gasteiger partial charge >= 0.3 is 0 Å². The molecule has 0 bridgehead atoms. The number of carbonyl (C=O) groups excluding carboxylic acids is 2. The summed E-state index contributed by atoms with van der Waals surface area (Å²) in [5.41, 5.74) is 2.99. The van der Waals surface area contributed by atoms with Crippen molar-refractivity contribution < 1.29 is 18.0 Å². The number of H-pyrrole nitrogens is 1. The first-order valence-corrected chi connectivity index (χ1v) is 12.5. The van der Waals surface area contributed by atoms with Crippen molar-refractivity contribution in [3.8, 4) is 0 Å². The number of carbonyl (C=O) groups is 2. The second-order valence-corrected chi connectivity index (χ2v) is 10.3. The van der Waals surface area contributed by atoms with Gasteiger partial charge in [-0.3, -0.25) is 19.0 Å². The summed E-state index contributed by atoms with van der Waals surface area (Å²) in [5, 5.41) is 8.32. The molecule has 1 aliphatic carbocycles. The standard InChI is InChI=1S/C20H24N8O4S/c1-27-15-4-6-28(18-13-3-5-21-17(13)22-10-23-18)9-14(15)16(25-27)20(30)24-12-7-11(8-12)19(29)26-33(2,31)32/h3,5,10-12H,4,6-9H2,1-2H3,(H,24,30)(H,26,29)(H,21,22,23)/t11-,12-. The fourth-order valence-electron chi connectivity index (χ4n) is 4.54. The topological polar surface area (TPSA) is 155 Å². The van der Waals surface area contributed by atoms with Crippen molar-refractivity contribution in [1.82, 2.24) is 34.8 Å². The molecule has 1 fully saturated rings. The van der Waals surface area contributed by atoms with Gasteiger partial charge in [-0.05, 0) is 18.9 Å². The lowest BCUT2D eigenvalue weighted by atomic mass is 9.80. The predicted octanol–water partition coefficient (Wildman–Crippen LogP) is -0.162. The van der Waals surface area contributed by atoms with Gasteiger partial charge in [0.15, 0.2) is 5.69 Å². The summed E-state index contributed by atoms with van der Waals surface area (Å²) >= 11 is 0. The Bertz CT molecular complexity index is 1360. The van der Waals surface area contributed by atoms with E-state index in [0.717, 1.165) is 47.3 Å². The van der Waals surface area contributed by atoms with Crippen LogP contribution in [-0.2, 0) is 34.8 Å². The van der Waals surface area contributed by atoms with Gasteiger partial charge in [-0.1, -0.05) is 0 Å². The van der Waals surface area contributed by atoms with E-state index in [4.69, 9.17) is 0 Å². The summed E-state index contributed by atoms with van der Waals surface area (Å²) in [6, 6.07) is 1.73. The molecule has 2 amide bonds. The lowest BCUT2D eigenvalue weighted by molar-refractivity contribution is -0.126. The van der Waals surface area contributed by atoms with Crippen LogP contribution in [0.15, 0.2) is 18.6 Å².